The van der Waals surface area contributed by atoms with E-state index in [2.05, 4.69) is 302 Å². The van der Waals surface area contributed by atoms with Crippen LogP contribution in [0.15, 0.2) is 309 Å². The first-order valence-electron chi connectivity index (χ1n) is 37.3. The fourth-order valence-electron chi connectivity index (χ4n) is 15.3. The summed E-state index contributed by atoms with van der Waals surface area (Å²) in [5, 5.41) is 25.6. The molecule has 0 saturated heterocycles. The maximum absolute atomic E-state index is 6.80. The van der Waals surface area contributed by atoms with Crippen molar-refractivity contribution >= 4 is 435 Å². The highest BCUT2D eigenvalue weighted by Gasteiger charge is 2.20. The number of hydrogen-bond acceptors (Lipinski definition) is 8. The topological polar surface area (TPSA) is 13.1 Å². The van der Waals surface area contributed by atoms with Gasteiger partial charge in [0.05, 0.1) is 5.02 Å². The molecule has 16 aromatic carbocycles. The summed E-state index contributed by atoms with van der Waals surface area (Å²) in [5.41, 5.74) is 7.84. The van der Waals surface area contributed by atoms with E-state index in [1.807, 2.05) is 103 Å². The van der Waals surface area contributed by atoms with Crippen molar-refractivity contribution in [3.05, 3.63) is 356 Å². The number of thiophene rings is 7. The van der Waals surface area contributed by atoms with E-state index in [9.17, 15) is 0 Å². The van der Waals surface area contributed by atoms with Crippen LogP contribution < -0.4 is 0 Å². The van der Waals surface area contributed by atoms with Gasteiger partial charge in [-0.25, -0.2) is 0 Å². The molecule has 0 radical (unpaired) electrons. The highest BCUT2D eigenvalue weighted by molar-refractivity contribution is 9.11. The van der Waals surface area contributed by atoms with Crippen molar-refractivity contribution in [2.24, 2.45) is 0 Å². The van der Waals surface area contributed by atoms with Crippen molar-refractivity contribution in [2.45, 2.75) is 20.8 Å². The van der Waals surface area contributed by atoms with Crippen LogP contribution in [-0.2, 0) is 0 Å². The van der Waals surface area contributed by atoms with Gasteiger partial charge < -0.3 is 4.42 Å². The molecule has 8 heterocycles. The van der Waals surface area contributed by atoms with Gasteiger partial charge in [-0.1, -0.05) is 236 Å². The molecule has 0 aliphatic heterocycles. The Morgan fingerprint density at radius 1 is 0.223 bits per heavy atom. The first kappa shape index (κ1) is 86.0. The number of rotatable bonds is 1. The van der Waals surface area contributed by atoms with Crippen molar-refractivity contribution in [3.63, 3.8) is 0 Å². The second-order valence-corrected chi connectivity index (χ2v) is 45.1. The molecule has 596 valence electrons. The Morgan fingerprint density at radius 3 is 1.32 bits per heavy atom. The van der Waals surface area contributed by atoms with Crippen molar-refractivity contribution < 1.29 is 4.42 Å². The average Bonchev–Trinajstić information content (AvgIpc) is 1.60. The zero-order chi connectivity index (χ0) is 83.9. The molecule has 0 bridgehead atoms. The highest BCUT2D eigenvalue weighted by atomic mass is 79.9. The number of hydrogen-bond donors (Lipinski definition) is 0. The number of halogens is 14. The molecule has 0 aliphatic carbocycles. The Hall–Kier alpha value is -5.75. The molecule has 22 heteroatoms. The largest absolute Gasteiger partial charge is 0.456 e. The average molecular weight is 2290 g/mol. The van der Waals surface area contributed by atoms with Gasteiger partial charge in [-0.2, -0.15) is 0 Å². The van der Waals surface area contributed by atoms with Gasteiger partial charge in [-0.05, 0) is 278 Å². The summed E-state index contributed by atoms with van der Waals surface area (Å²) in [5.74, 6) is 0. The van der Waals surface area contributed by atoms with Crippen LogP contribution in [0.4, 0.5) is 0 Å². The van der Waals surface area contributed by atoms with E-state index in [1.54, 1.807) is 79.4 Å². The SMILES string of the molecule is Cc1cc(Cl)cc2sc3cc(Br)ccc3c12.Cc1cc(Cl)cc2sc3ccc(Br)cc3c12.Cc1ccc(Br)c2sc3ccc(Cl)cc3c12.Clc1cc(-c2cccc3oc4ccccc4c23)cc2sc3c(Br)cccc3c12.Clc1ccc2c(c1)sc1cc(Br)ccc12.Clc1ccc2c(c1)sc1ccc(Br)cc12.Clc1cccc2sc3c(Br)cccc3c12. The Kier molecular flexibility index (Phi) is 26.0. The van der Waals surface area contributed by atoms with Crippen LogP contribution in [0.1, 0.15) is 16.7 Å². The summed E-state index contributed by atoms with van der Waals surface area (Å²) < 4.78 is 31.7. The van der Waals surface area contributed by atoms with Crippen LogP contribution >= 0.6 is 272 Å². The molecule has 0 N–H and O–H groups in total. The molecule has 121 heavy (non-hydrogen) atoms. The van der Waals surface area contributed by atoms with Crippen LogP contribution in [0, 0.1) is 20.8 Å². The predicted octanol–water partition coefficient (Wildman–Crippen LogP) is 42.8. The minimum atomic E-state index is 0.779. The van der Waals surface area contributed by atoms with Gasteiger partial charge in [0.1, 0.15) is 11.2 Å². The van der Waals surface area contributed by atoms with E-state index in [0.29, 0.717) is 0 Å². The van der Waals surface area contributed by atoms with E-state index >= 15 is 0 Å². The summed E-state index contributed by atoms with van der Waals surface area (Å²) >= 11 is 80.5. The molecular weight excluding hydrogens is 2240 g/mol. The zero-order valence-electron chi connectivity index (χ0n) is 63.0. The number of aryl methyl sites for hydroxylation is 3. The quantitative estimate of drug-likeness (QED) is 0.160. The second kappa shape index (κ2) is 36.5. The lowest BCUT2D eigenvalue weighted by Crippen LogP contribution is -1.81. The summed E-state index contributed by atoms with van der Waals surface area (Å²) in [6.45, 7) is 6.37. The van der Waals surface area contributed by atoms with Crippen molar-refractivity contribution in [2.75, 3.05) is 0 Å². The fourth-order valence-corrected chi connectivity index (χ4v) is 29.1. The van der Waals surface area contributed by atoms with Gasteiger partial charge in [-0.15, -0.1) is 79.4 Å². The maximum atomic E-state index is 6.80. The number of para-hydroxylation sites is 1. The van der Waals surface area contributed by atoms with Gasteiger partial charge in [0.25, 0.3) is 0 Å². The van der Waals surface area contributed by atoms with E-state index in [4.69, 9.17) is 85.6 Å². The van der Waals surface area contributed by atoms with Gasteiger partial charge in [0.2, 0.25) is 0 Å². The lowest BCUT2D eigenvalue weighted by Gasteiger charge is -2.06. The Morgan fingerprint density at radius 2 is 0.653 bits per heavy atom. The molecule has 0 atom stereocenters. The van der Waals surface area contributed by atoms with Gasteiger partial charge >= 0.3 is 0 Å². The van der Waals surface area contributed by atoms with E-state index in [-0.39, 0.29) is 0 Å². The summed E-state index contributed by atoms with van der Waals surface area (Å²) in [7, 11) is 0. The van der Waals surface area contributed by atoms with Crippen molar-refractivity contribution in [1.29, 1.82) is 0 Å². The third-order valence-corrected chi connectivity index (χ3v) is 35.1. The van der Waals surface area contributed by atoms with Crippen LogP contribution in [0.5, 0.6) is 0 Å². The normalized spacial score (nSPS) is 11.5. The first-order chi connectivity index (χ1) is 58.4. The molecule has 8 aromatic heterocycles. The van der Waals surface area contributed by atoms with E-state index in [0.717, 1.165) is 105 Å². The minimum absolute atomic E-state index is 0.779. The third-order valence-electron chi connectivity index (χ3n) is 20.6. The highest BCUT2D eigenvalue weighted by Crippen LogP contribution is 2.49. The molecule has 0 saturated carbocycles. The predicted molar refractivity (Wildman–Crippen MR) is 571 cm³/mol. The standard InChI is InChI=1S/C24H12BrClOS.3C13H8BrClS.3C12H6BrClS/c25-17-8-3-7-16-23-18(26)11-13(12-21(23)28-24(16)17)14-6-4-10-20-22(14)15-5-1-2-9-19(15)27-20;1-7-2-4-10(14)13-12(7)9-6-8(15)3-5-11(9)16-13;1-7-4-9(15)6-12-13(7)10-5-8(14)2-3-11(10)16-12;1-7-4-9(15)6-12-13(7)10-3-2-8(14)5-11(10)16-12;13-7-1-4-11-10(5-7)9-3-2-8(14)6-12(9)15-11;13-7-1-3-9-10-4-2-8(14)6-12(10)15-11(9)5-7;13-8-4-1-3-7-11-9(14)5-2-6-10(11)15-12(7)8/h1-12H;3*2-6H,1H3;3*1-6H. The van der Waals surface area contributed by atoms with Crippen LogP contribution in [0.25, 0.3) is 174 Å². The van der Waals surface area contributed by atoms with E-state index in [1.165, 1.54) is 153 Å². The Balaban J connectivity index is 0.0000000981. The molecule has 0 unspecified atom stereocenters. The summed E-state index contributed by atoms with van der Waals surface area (Å²) in [6, 6.07) is 93.4. The number of furan rings is 1. The number of fused-ring (bicyclic) bond motifs is 24. The van der Waals surface area contributed by atoms with Gasteiger partial charge in [-0.3, -0.25) is 0 Å². The first-order valence-corrected chi connectivity index (χ1v) is 51.2. The molecule has 0 fully saturated rings. The Labute approximate surface area is 816 Å². The monoisotopic (exact) mass is 2280 g/mol. The van der Waals surface area contributed by atoms with Crippen LogP contribution in [0.2, 0.25) is 35.2 Å². The molecule has 0 amide bonds. The fraction of sp³-hybridized carbons (Fsp3) is 0.0303. The molecule has 24 aromatic rings. The van der Waals surface area contributed by atoms with Crippen LogP contribution in [-0.4, -0.2) is 0 Å². The summed E-state index contributed by atoms with van der Waals surface area (Å²) in [4.78, 5) is 0. The molecule has 24 rings (SSSR count). The zero-order valence-corrected chi connectivity index (χ0v) is 85.1. The summed E-state index contributed by atoms with van der Waals surface area (Å²) in [6.07, 6.45) is 0. The van der Waals surface area contributed by atoms with Crippen molar-refractivity contribution in [3.8, 4) is 11.1 Å². The lowest BCUT2D eigenvalue weighted by molar-refractivity contribution is 0.669. The van der Waals surface area contributed by atoms with Crippen LogP contribution in [0.3, 0.4) is 0 Å². The van der Waals surface area contributed by atoms with Crippen molar-refractivity contribution in [1.82, 2.24) is 0 Å². The van der Waals surface area contributed by atoms with Gasteiger partial charge in [0.15, 0.2) is 0 Å². The molecule has 0 spiro atoms. The molecular formula is C99H54Br7Cl7OS7. The third kappa shape index (κ3) is 17.7. The molecule has 1 nitrogen and oxygen atoms in total. The maximum Gasteiger partial charge on any atom is 0.136 e. The minimum Gasteiger partial charge on any atom is -0.456 e. The Bertz CT molecular complexity index is 8180. The van der Waals surface area contributed by atoms with E-state index < -0.39 is 0 Å². The number of benzene rings is 16. The second-order valence-electron chi connectivity index (χ2n) is 28.4. The smallest absolute Gasteiger partial charge is 0.136 e. The van der Waals surface area contributed by atoms with Gasteiger partial charge in [0, 0.05) is 213 Å². The molecule has 0 aliphatic rings. The lowest BCUT2D eigenvalue weighted by atomic mass is 9.98.